The highest BCUT2D eigenvalue weighted by molar-refractivity contribution is 7.99. The molecule has 0 aliphatic rings. The number of thiophene rings is 1. The lowest BCUT2D eigenvalue weighted by Gasteiger charge is -2.11. The number of amides is 2. The molecule has 2 amide bonds. The van der Waals surface area contributed by atoms with Crippen LogP contribution in [0.5, 0.6) is 0 Å². The molecule has 142 valence electrons. The molecular formula is C16H22N4O4S2. The molecule has 2 aromatic heterocycles. The van der Waals surface area contributed by atoms with Gasteiger partial charge in [-0.3, -0.25) is 19.0 Å². The number of fused-ring (bicyclic) bond motifs is 1. The van der Waals surface area contributed by atoms with E-state index in [4.69, 9.17) is 4.74 Å². The molecule has 0 unspecified atom stereocenters. The zero-order valence-electron chi connectivity index (χ0n) is 15.2. The molecule has 0 aliphatic heterocycles. The van der Waals surface area contributed by atoms with E-state index in [1.807, 2.05) is 13.8 Å². The van der Waals surface area contributed by atoms with Crippen molar-refractivity contribution < 1.29 is 14.3 Å². The molecular weight excluding hydrogens is 376 g/mol. The zero-order chi connectivity index (χ0) is 19.3. The Labute approximate surface area is 159 Å². The summed E-state index contributed by atoms with van der Waals surface area (Å²) in [7, 11) is 3.07. The molecule has 0 fully saturated rings. The van der Waals surface area contributed by atoms with E-state index in [0.717, 1.165) is 10.4 Å². The first-order valence-electron chi connectivity index (χ1n) is 7.98. The van der Waals surface area contributed by atoms with Gasteiger partial charge in [0.05, 0.1) is 30.8 Å². The van der Waals surface area contributed by atoms with Crippen LogP contribution in [0.4, 0.5) is 0 Å². The van der Waals surface area contributed by atoms with Crippen LogP contribution < -0.4 is 16.2 Å². The molecule has 0 bridgehead atoms. The fraction of sp³-hybridized carbons (Fsp3) is 0.500. The van der Waals surface area contributed by atoms with Crippen LogP contribution in [0.15, 0.2) is 9.95 Å². The predicted molar refractivity (Wildman–Crippen MR) is 103 cm³/mol. The van der Waals surface area contributed by atoms with Crippen LogP contribution in [0.1, 0.15) is 10.4 Å². The molecule has 0 spiro atoms. The van der Waals surface area contributed by atoms with Crippen LogP contribution in [-0.2, 0) is 20.9 Å². The Morgan fingerprint density at radius 3 is 2.69 bits per heavy atom. The standard InChI is InChI=1S/C16H22N4O4S2/c1-9-10(2)26-14-13(9)15(23)20(5-6-24-4)16(19-14)25-8-12(22)18-7-11(21)17-3/h5-8H2,1-4H3,(H,17,21)(H,18,22). The van der Waals surface area contributed by atoms with E-state index < -0.39 is 0 Å². The van der Waals surface area contributed by atoms with E-state index in [9.17, 15) is 14.4 Å². The maximum Gasteiger partial charge on any atom is 0.263 e. The number of aryl methyl sites for hydroxylation is 2. The van der Waals surface area contributed by atoms with E-state index in [1.165, 1.54) is 30.1 Å². The number of nitrogens with zero attached hydrogens (tertiary/aromatic N) is 2. The quantitative estimate of drug-likeness (QED) is 0.501. The minimum Gasteiger partial charge on any atom is -0.383 e. The number of ether oxygens (including phenoxy) is 1. The van der Waals surface area contributed by atoms with Crippen molar-refractivity contribution in [3.63, 3.8) is 0 Å². The van der Waals surface area contributed by atoms with E-state index in [2.05, 4.69) is 15.6 Å². The second kappa shape index (κ2) is 9.15. The highest BCUT2D eigenvalue weighted by Gasteiger charge is 2.17. The molecule has 2 N–H and O–H groups in total. The summed E-state index contributed by atoms with van der Waals surface area (Å²) in [5, 5.41) is 6.04. The van der Waals surface area contributed by atoms with Gasteiger partial charge in [-0.2, -0.15) is 0 Å². The second-order valence-corrected chi connectivity index (χ2v) is 7.69. The van der Waals surface area contributed by atoms with Gasteiger partial charge in [0.1, 0.15) is 4.83 Å². The van der Waals surface area contributed by atoms with Crippen molar-refractivity contribution >= 4 is 45.1 Å². The van der Waals surface area contributed by atoms with Crippen LogP contribution in [0, 0.1) is 13.8 Å². The molecule has 8 nitrogen and oxygen atoms in total. The maximum atomic E-state index is 12.9. The number of thioether (sulfide) groups is 1. The Bertz CT molecular complexity index is 875. The molecule has 2 heterocycles. The van der Waals surface area contributed by atoms with Crippen molar-refractivity contribution in [2.24, 2.45) is 0 Å². The van der Waals surface area contributed by atoms with E-state index in [0.29, 0.717) is 28.5 Å². The van der Waals surface area contributed by atoms with Gasteiger partial charge in [-0.1, -0.05) is 11.8 Å². The highest BCUT2D eigenvalue weighted by Crippen LogP contribution is 2.28. The molecule has 0 aliphatic carbocycles. The molecule has 26 heavy (non-hydrogen) atoms. The van der Waals surface area contributed by atoms with Crippen LogP contribution >= 0.6 is 23.1 Å². The molecule has 10 heteroatoms. The average molecular weight is 399 g/mol. The Morgan fingerprint density at radius 2 is 2.04 bits per heavy atom. The summed E-state index contributed by atoms with van der Waals surface area (Å²) in [4.78, 5) is 42.3. The number of nitrogens with one attached hydrogen (secondary N) is 2. The van der Waals surface area contributed by atoms with Crippen LogP contribution in [0.3, 0.4) is 0 Å². The van der Waals surface area contributed by atoms with Gasteiger partial charge in [0.25, 0.3) is 5.56 Å². The van der Waals surface area contributed by atoms with Crippen molar-refractivity contribution in [3.05, 3.63) is 20.8 Å². The van der Waals surface area contributed by atoms with Crippen molar-refractivity contribution in [2.45, 2.75) is 25.5 Å². The number of likely N-dealkylation sites (N-methyl/N-ethyl adjacent to an activating group) is 1. The smallest absolute Gasteiger partial charge is 0.263 e. The normalized spacial score (nSPS) is 10.9. The van der Waals surface area contributed by atoms with Gasteiger partial charge in [0.2, 0.25) is 11.8 Å². The predicted octanol–water partition coefficient (Wildman–Crippen LogP) is 0.676. The van der Waals surface area contributed by atoms with Gasteiger partial charge >= 0.3 is 0 Å². The van der Waals surface area contributed by atoms with Crippen molar-refractivity contribution in [1.82, 2.24) is 20.2 Å². The van der Waals surface area contributed by atoms with E-state index in [1.54, 1.807) is 11.7 Å². The summed E-state index contributed by atoms with van der Waals surface area (Å²) in [6, 6.07) is 0. The summed E-state index contributed by atoms with van der Waals surface area (Å²) in [6.07, 6.45) is 0. The third-order valence-corrected chi connectivity index (χ3v) is 5.91. The first-order valence-corrected chi connectivity index (χ1v) is 9.78. The van der Waals surface area contributed by atoms with E-state index in [-0.39, 0.29) is 29.7 Å². The molecule has 0 aromatic carbocycles. The van der Waals surface area contributed by atoms with Crippen LogP contribution in [0.25, 0.3) is 10.2 Å². The topological polar surface area (TPSA) is 102 Å². The number of methoxy groups -OCH3 is 1. The first-order chi connectivity index (χ1) is 12.4. The Hall–Kier alpha value is -1.91. The fourth-order valence-corrected chi connectivity index (χ4v) is 4.17. The largest absolute Gasteiger partial charge is 0.383 e. The summed E-state index contributed by atoms with van der Waals surface area (Å²) < 4.78 is 6.63. The van der Waals surface area contributed by atoms with Crippen molar-refractivity contribution in [1.29, 1.82) is 0 Å². The lowest BCUT2D eigenvalue weighted by Crippen LogP contribution is -2.36. The fourth-order valence-electron chi connectivity index (χ4n) is 2.25. The summed E-state index contributed by atoms with van der Waals surface area (Å²) in [5.74, 6) is -0.514. The molecule has 2 aromatic rings. The summed E-state index contributed by atoms with van der Waals surface area (Å²) in [6.45, 7) is 4.51. The minimum atomic E-state index is -0.301. The monoisotopic (exact) mass is 398 g/mol. The maximum absolute atomic E-state index is 12.9. The number of carbonyl (C=O) groups is 2. The molecule has 0 atom stereocenters. The van der Waals surface area contributed by atoms with Gasteiger partial charge in [0, 0.05) is 19.0 Å². The third-order valence-electron chi connectivity index (χ3n) is 3.83. The highest BCUT2D eigenvalue weighted by atomic mass is 32.2. The lowest BCUT2D eigenvalue weighted by atomic mass is 10.2. The number of carbonyl (C=O) groups excluding carboxylic acids is 2. The summed E-state index contributed by atoms with van der Waals surface area (Å²) >= 11 is 2.64. The molecule has 0 saturated heterocycles. The van der Waals surface area contributed by atoms with Gasteiger partial charge in [-0.15, -0.1) is 11.3 Å². The van der Waals surface area contributed by atoms with E-state index >= 15 is 0 Å². The number of rotatable bonds is 8. The minimum absolute atomic E-state index is 0.0608. The van der Waals surface area contributed by atoms with Crippen molar-refractivity contribution in [2.75, 3.05) is 33.1 Å². The Morgan fingerprint density at radius 1 is 1.31 bits per heavy atom. The first kappa shape index (κ1) is 20.4. The average Bonchev–Trinajstić information content (AvgIpc) is 2.91. The van der Waals surface area contributed by atoms with Gasteiger partial charge in [-0.25, -0.2) is 4.98 Å². The van der Waals surface area contributed by atoms with Crippen molar-refractivity contribution in [3.8, 4) is 0 Å². The molecule has 0 radical (unpaired) electrons. The SMILES string of the molecule is CNC(=O)CNC(=O)CSc1nc2sc(C)c(C)c2c(=O)n1CCOC. The van der Waals surface area contributed by atoms with Crippen LogP contribution in [-0.4, -0.2) is 54.4 Å². The Kier molecular flexibility index (Phi) is 7.18. The number of hydrogen-bond donors (Lipinski definition) is 2. The Balaban J connectivity index is 2.26. The number of aromatic nitrogens is 2. The molecule has 0 saturated carbocycles. The van der Waals surface area contributed by atoms with Gasteiger partial charge < -0.3 is 15.4 Å². The van der Waals surface area contributed by atoms with Gasteiger partial charge in [-0.05, 0) is 19.4 Å². The van der Waals surface area contributed by atoms with Gasteiger partial charge in [0.15, 0.2) is 5.16 Å². The number of hydrogen-bond acceptors (Lipinski definition) is 7. The summed E-state index contributed by atoms with van der Waals surface area (Å²) in [5.41, 5.74) is 0.815. The van der Waals surface area contributed by atoms with Crippen LogP contribution in [0.2, 0.25) is 0 Å². The zero-order valence-corrected chi connectivity index (χ0v) is 16.8. The molecule has 2 rings (SSSR count). The second-order valence-electron chi connectivity index (χ2n) is 5.55. The lowest BCUT2D eigenvalue weighted by molar-refractivity contribution is -0.124. The third kappa shape index (κ3) is 4.63.